The van der Waals surface area contributed by atoms with Gasteiger partial charge in [0, 0.05) is 5.39 Å². The number of benzene rings is 1. The Morgan fingerprint density at radius 1 is 1.25 bits per heavy atom. The zero-order valence-corrected chi connectivity index (χ0v) is 11.2. The predicted octanol–water partition coefficient (Wildman–Crippen LogP) is 2.82. The van der Waals surface area contributed by atoms with Crippen LogP contribution in [0.1, 0.15) is 31.2 Å². The van der Waals surface area contributed by atoms with Crippen molar-refractivity contribution in [2.45, 2.75) is 37.8 Å². The molecule has 0 amide bonds. The van der Waals surface area contributed by atoms with E-state index in [-0.39, 0.29) is 12.1 Å². The van der Waals surface area contributed by atoms with E-state index in [2.05, 4.69) is 16.4 Å². The number of hydrogen-bond donors (Lipinski definition) is 2. The topological polar surface area (TPSA) is 68.9 Å². The Bertz CT molecular complexity index is 662. The van der Waals surface area contributed by atoms with Crippen molar-refractivity contribution in [3.63, 3.8) is 0 Å². The van der Waals surface area contributed by atoms with Gasteiger partial charge in [-0.2, -0.15) is 5.26 Å². The highest BCUT2D eigenvalue weighted by Gasteiger charge is 2.24. The van der Waals surface area contributed by atoms with Gasteiger partial charge in [0.1, 0.15) is 11.9 Å². The molecule has 1 aromatic carbocycles. The number of para-hydroxylation sites is 1. The Morgan fingerprint density at radius 2 is 2.05 bits per heavy atom. The van der Waals surface area contributed by atoms with Crippen molar-refractivity contribution in [3.8, 4) is 6.07 Å². The lowest BCUT2D eigenvalue weighted by atomic mass is 9.92. The van der Waals surface area contributed by atoms with Crippen molar-refractivity contribution >= 4 is 16.7 Å². The molecule has 4 heteroatoms. The molecule has 1 heterocycles. The van der Waals surface area contributed by atoms with Gasteiger partial charge in [0.25, 0.3) is 0 Å². The summed E-state index contributed by atoms with van der Waals surface area (Å²) in [6, 6.07) is 11.8. The van der Waals surface area contributed by atoms with Crippen LogP contribution < -0.4 is 5.32 Å². The quantitative estimate of drug-likeness (QED) is 0.878. The highest BCUT2D eigenvalue weighted by atomic mass is 16.3. The minimum absolute atomic E-state index is 0.00971. The molecular formula is C16H17N3O. The van der Waals surface area contributed by atoms with E-state index in [0.717, 1.165) is 36.6 Å². The van der Waals surface area contributed by atoms with Crippen LogP contribution in [0.3, 0.4) is 0 Å². The number of fused-ring (bicyclic) bond motifs is 1. The third-order valence-electron chi connectivity index (χ3n) is 3.90. The fourth-order valence-electron chi connectivity index (χ4n) is 2.77. The van der Waals surface area contributed by atoms with Crippen LogP contribution in [-0.2, 0) is 0 Å². The molecule has 1 aliphatic carbocycles. The van der Waals surface area contributed by atoms with Crippen LogP contribution in [0.2, 0.25) is 0 Å². The molecule has 3 rings (SSSR count). The van der Waals surface area contributed by atoms with Crippen molar-refractivity contribution < 1.29 is 5.11 Å². The lowest BCUT2D eigenvalue weighted by Crippen LogP contribution is -2.36. The zero-order chi connectivity index (χ0) is 13.9. The molecule has 2 atom stereocenters. The normalized spacial score (nSPS) is 22.4. The number of aliphatic hydroxyl groups is 1. The SMILES string of the molecule is N#Cc1cc2ccccc2nc1NC1CCCCC1O. The lowest BCUT2D eigenvalue weighted by Gasteiger charge is -2.29. The number of pyridine rings is 1. The maximum atomic E-state index is 10.0. The maximum Gasteiger partial charge on any atom is 0.144 e. The number of rotatable bonds is 2. The second-order valence-corrected chi connectivity index (χ2v) is 5.29. The highest BCUT2D eigenvalue weighted by molar-refractivity contribution is 5.82. The zero-order valence-electron chi connectivity index (χ0n) is 11.2. The van der Waals surface area contributed by atoms with Crippen molar-refractivity contribution in [3.05, 3.63) is 35.9 Å². The van der Waals surface area contributed by atoms with Gasteiger partial charge in [-0.25, -0.2) is 4.98 Å². The van der Waals surface area contributed by atoms with E-state index in [9.17, 15) is 10.4 Å². The van der Waals surface area contributed by atoms with Gasteiger partial charge in [-0.3, -0.25) is 0 Å². The van der Waals surface area contributed by atoms with Crippen LogP contribution in [0.5, 0.6) is 0 Å². The molecular weight excluding hydrogens is 250 g/mol. The molecule has 0 spiro atoms. The van der Waals surface area contributed by atoms with Crippen LogP contribution in [0, 0.1) is 11.3 Å². The predicted molar refractivity (Wildman–Crippen MR) is 78.3 cm³/mol. The monoisotopic (exact) mass is 267 g/mol. The third kappa shape index (κ3) is 2.45. The van der Waals surface area contributed by atoms with Gasteiger partial charge in [0.15, 0.2) is 0 Å². The van der Waals surface area contributed by atoms with Crippen molar-refractivity contribution in [2.24, 2.45) is 0 Å². The van der Waals surface area contributed by atoms with Gasteiger partial charge in [-0.1, -0.05) is 31.0 Å². The molecule has 1 saturated carbocycles. The second-order valence-electron chi connectivity index (χ2n) is 5.29. The van der Waals surface area contributed by atoms with Gasteiger partial charge in [-0.05, 0) is 25.0 Å². The number of nitriles is 1. The van der Waals surface area contributed by atoms with Crippen LogP contribution in [0.25, 0.3) is 10.9 Å². The minimum atomic E-state index is -0.358. The van der Waals surface area contributed by atoms with E-state index < -0.39 is 0 Å². The van der Waals surface area contributed by atoms with E-state index in [4.69, 9.17) is 0 Å². The maximum absolute atomic E-state index is 10.0. The summed E-state index contributed by atoms with van der Waals surface area (Å²) < 4.78 is 0. The average Bonchev–Trinajstić information content (AvgIpc) is 2.49. The molecule has 1 aliphatic rings. The second kappa shape index (κ2) is 5.48. The van der Waals surface area contributed by atoms with Gasteiger partial charge >= 0.3 is 0 Å². The third-order valence-corrected chi connectivity index (χ3v) is 3.90. The standard InChI is InChI=1S/C16H17N3O/c17-10-12-9-11-5-1-2-6-13(11)18-16(12)19-14-7-3-4-8-15(14)20/h1-2,5-6,9,14-15,20H,3-4,7-8H2,(H,18,19). The average molecular weight is 267 g/mol. The first-order valence-electron chi connectivity index (χ1n) is 7.02. The van der Waals surface area contributed by atoms with Crippen molar-refractivity contribution in [2.75, 3.05) is 5.32 Å². The van der Waals surface area contributed by atoms with Gasteiger partial charge in [-0.15, -0.1) is 0 Å². The number of hydrogen-bond acceptors (Lipinski definition) is 4. The number of aliphatic hydroxyl groups excluding tert-OH is 1. The molecule has 1 fully saturated rings. The molecule has 0 aliphatic heterocycles. The number of nitrogens with zero attached hydrogens (tertiary/aromatic N) is 2. The smallest absolute Gasteiger partial charge is 0.144 e. The highest BCUT2D eigenvalue weighted by Crippen LogP contribution is 2.25. The summed E-state index contributed by atoms with van der Waals surface area (Å²) in [7, 11) is 0. The number of anilines is 1. The van der Waals surface area contributed by atoms with E-state index in [1.54, 1.807) is 0 Å². The summed E-state index contributed by atoms with van der Waals surface area (Å²) in [4.78, 5) is 4.53. The Kier molecular flexibility index (Phi) is 3.53. The van der Waals surface area contributed by atoms with Crippen LogP contribution in [-0.4, -0.2) is 22.2 Å². The van der Waals surface area contributed by atoms with Gasteiger partial charge < -0.3 is 10.4 Å². The summed E-state index contributed by atoms with van der Waals surface area (Å²) in [5.41, 5.74) is 1.39. The molecule has 0 bridgehead atoms. The van der Waals surface area contributed by atoms with Crippen LogP contribution in [0.15, 0.2) is 30.3 Å². The Balaban J connectivity index is 1.95. The molecule has 4 nitrogen and oxygen atoms in total. The summed E-state index contributed by atoms with van der Waals surface area (Å²) >= 11 is 0. The summed E-state index contributed by atoms with van der Waals surface area (Å²) in [5.74, 6) is 0.581. The molecule has 20 heavy (non-hydrogen) atoms. The first-order chi connectivity index (χ1) is 9.78. The van der Waals surface area contributed by atoms with Gasteiger partial charge in [0.05, 0.1) is 23.2 Å². The van der Waals surface area contributed by atoms with E-state index in [0.29, 0.717) is 11.4 Å². The fourth-order valence-corrected chi connectivity index (χ4v) is 2.77. The molecule has 0 radical (unpaired) electrons. The number of aromatic nitrogens is 1. The van der Waals surface area contributed by atoms with E-state index >= 15 is 0 Å². The van der Waals surface area contributed by atoms with Crippen LogP contribution in [0.4, 0.5) is 5.82 Å². The number of nitrogens with one attached hydrogen (secondary N) is 1. The summed E-state index contributed by atoms with van der Waals surface area (Å²) in [6.45, 7) is 0. The van der Waals surface area contributed by atoms with Crippen LogP contribution >= 0.6 is 0 Å². The Morgan fingerprint density at radius 3 is 2.85 bits per heavy atom. The molecule has 102 valence electrons. The van der Waals surface area contributed by atoms with Gasteiger partial charge in [0.2, 0.25) is 0 Å². The molecule has 1 aromatic heterocycles. The summed E-state index contributed by atoms with van der Waals surface area (Å²) in [5, 5.41) is 23.5. The summed E-state index contributed by atoms with van der Waals surface area (Å²) in [6.07, 6.45) is 3.54. The fraction of sp³-hybridized carbons (Fsp3) is 0.375. The minimum Gasteiger partial charge on any atom is -0.391 e. The molecule has 0 saturated heterocycles. The molecule has 2 aromatic rings. The van der Waals surface area contributed by atoms with E-state index in [1.165, 1.54) is 0 Å². The largest absolute Gasteiger partial charge is 0.391 e. The van der Waals surface area contributed by atoms with E-state index in [1.807, 2.05) is 30.3 Å². The van der Waals surface area contributed by atoms with Crippen molar-refractivity contribution in [1.29, 1.82) is 5.26 Å². The molecule has 2 N–H and O–H groups in total. The first kappa shape index (κ1) is 12.9. The lowest BCUT2D eigenvalue weighted by molar-refractivity contribution is 0.116. The van der Waals surface area contributed by atoms with Crippen molar-refractivity contribution in [1.82, 2.24) is 4.98 Å². The Labute approximate surface area is 118 Å². The first-order valence-corrected chi connectivity index (χ1v) is 7.02. The molecule has 2 unspecified atom stereocenters. The Hall–Kier alpha value is -2.12.